The van der Waals surface area contributed by atoms with Gasteiger partial charge in [-0.1, -0.05) is 6.07 Å². The van der Waals surface area contributed by atoms with Crippen LogP contribution in [0.2, 0.25) is 0 Å². The van der Waals surface area contributed by atoms with Gasteiger partial charge < -0.3 is 20.1 Å². The number of fused-ring (bicyclic) bond motifs is 1. The van der Waals surface area contributed by atoms with Crippen molar-refractivity contribution in [3.63, 3.8) is 0 Å². The lowest BCUT2D eigenvalue weighted by atomic mass is 10.1. The molecule has 3 atom stereocenters. The van der Waals surface area contributed by atoms with Gasteiger partial charge in [0, 0.05) is 25.2 Å². The molecule has 6 nitrogen and oxygen atoms in total. The van der Waals surface area contributed by atoms with E-state index in [9.17, 15) is 4.79 Å². The van der Waals surface area contributed by atoms with Crippen molar-refractivity contribution >= 4 is 11.7 Å². The van der Waals surface area contributed by atoms with Crippen LogP contribution in [-0.4, -0.2) is 55.9 Å². The number of rotatable bonds is 3. The fourth-order valence-corrected chi connectivity index (χ4v) is 3.41. The molecule has 2 heterocycles. The number of hydrogen-bond donors (Lipinski definition) is 2. The van der Waals surface area contributed by atoms with Crippen LogP contribution < -0.4 is 15.4 Å². The van der Waals surface area contributed by atoms with Gasteiger partial charge in [0.15, 0.2) is 0 Å². The number of nitrogens with one attached hydrogen (secondary N) is 2. The average molecular weight is 319 g/mol. The van der Waals surface area contributed by atoms with Gasteiger partial charge in [0.1, 0.15) is 5.75 Å². The first-order chi connectivity index (χ1) is 11.0. The maximum atomic E-state index is 12.3. The highest BCUT2D eigenvalue weighted by molar-refractivity contribution is 5.91. The molecule has 2 N–H and O–H groups in total. The van der Waals surface area contributed by atoms with E-state index in [-0.39, 0.29) is 18.2 Å². The Labute approximate surface area is 137 Å². The van der Waals surface area contributed by atoms with Crippen LogP contribution in [0.15, 0.2) is 18.2 Å². The van der Waals surface area contributed by atoms with E-state index in [2.05, 4.69) is 22.5 Å². The lowest BCUT2D eigenvalue weighted by Gasteiger charge is -2.33. The number of hydrogen-bond acceptors (Lipinski definition) is 4. The van der Waals surface area contributed by atoms with Gasteiger partial charge in [-0.3, -0.25) is 4.90 Å². The molecule has 0 aliphatic carbocycles. The zero-order chi connectivity index (χ0) is 16.4. The first-order valence-electron chi connectivity index (χ1n) is 8.13. The van der Waals surface area contributed by atoms with Gasteiger partial charge in [0.2, 0.25) is 0 Å². The summed E-state index contributed by atoms with van der Waals surface area (Å²) in [5.41, 5.74) is 1.77. The average Bonchev–Trinajstić information content (AvgIpc) is 2.88. The Morgan fingerprint density at radius 1 is 1.39 bits per heavy atom. The van der Waals surface area contributed by atoms with Crippen molar-refractivity contribution in [1.29, 1.82) is 0 Å². The summed E-state index contributed by atoms with van der Waals surface area (Å²) in [5.74, 6) is 0.664. The highest BCUT2D eigenvalue weighted by atomic mass is 16.5. The number of ether oxygens (including phenoxy) is 2. The third kappa shape index (κ3) is 3.76. The third-order valence-corrected chi connectivity index (χ3v) is 4.53. The minimum absolute atomic E-state index is 0.157. The first-order valence-corrected chi connectivity index (χ1v) is 8.13. The van der Waals surface area contributed by atoms with Crippen LogP contribution in [0.4, 0.5) is 10.5 Å². The van der Waals surface area contributed by atoms with Gasteiger partial charge in [-0.2, -0.15) is 0 Å². The van der Waals surface area contributed by atoms with E-state index in [4.69, 9.17) is 9.47 Å². The van der Waals surface area contributed by atoms with Crippen molar-refractivity contribution < 1.29 is 14.3 Å². The lowest BCUT2D eigenvalue weighted by Crippen LogP contribution is -2.45. The Bertz CT molecular complexity index is 578. The number of carbonyl (C=O) groups excluding carboxylic acids is 1. The lowest BCUT2D eigenvalue weighted by molar-refractivity contribution is -0.0390. The van der Waals surface area contributed by atoms with Gasteiger partial charge in [-0.05, 0) is 38.0 Å². The van der Waals surface area contributed by atoms with E-state index in [1.165, 1.54) is 0 Å². The minimum atomic E-state index is -0.187. The Morgan fingerprint density at radius 3 is 3.00 bits per heavy atom. The number of nitrogens with zero attached hydrogens (tertiary/aromatic N) is 1. The quantitative estimate of drug-likeness (QED) is 0.894. The molecule has 126 valence electrons. The summed E-state index contributed by atoms with van der Waals surface area (Å²) in [7, 11) is 1.60. The van der Waals surface area contributed by atoms with Crippen LogP contribution in [0.1, 0.15) is 18.9 Å². The number of methoxy groups -OCH3 is 1. The van der Waals surface area contributed by atoms with Crippen molar-refractivity contribution in [2.45, 2.75) is 38.5 Å². The zero-order valence-electron chi connectivity index (χ0n) is 14.0. The normalized spacial score (nSPS) is 27.3. The summed E-state index contributed by atoms with van der Waals surface area (Å²) in [5, 5.41) is 5.96. The van der Waals surface area contributed by atoms with E-state index < -0.39 is 0 Å². The topological polar surface area (TPSA) is 62.8 Å². The van der Waals surface area contributed by atoms with Gasteiger partial charge in [-0.15, -0.1) is 0 Å². The number of carbonyl (C=O) groups is 1. The maximum Gasteiger partial charge on any atom is 0.319 e. The predicted molar refractivity (Wildman–Crippen MR) is 89.1 cm³/mol. The smallest absolute Gasteiger partial charge is 0.319 e. The first kappa shape index (κ1) is 16.1. The van der Waals surface area contributed by atoms with Crippen molar-refractivity contribution in [2.75, 3.05) is 32.1 Å². The van der Waals surface area contributed by atoms with Crippen LogP contribution in [-0.2, 0) is 4.74 Å². The van der Waals surface area contributed by atoms with Crippen LogP contribution >= 0.6 is 0 Å². The van der Waals surface area contributed by atoms with E-state index in [0.717, 1.165) is 31.7 Å². The van der Waals surface area contributed by atoms with E-state index in [1.807, 2.05) is 25.1 Å². The van der Waals surface area contributed by atoms with E-state index >= 15 is 0 Å². The van der Waals surface area contributed by atoms with Crippen molar-refractivity contribution in [3.05, 3.63) is 23.8 Å². The van der Waals surface area contributed by atoms with Crippen LogP contribution in [0.5, 0.6) is 5.75 Å². The molecule has 2 aliphatic rings. The Balaban J connectivity index is 1.57. The number of anilines is 1. The molecular weight excluding hydrogens is 294 g/mol. The molecule has 1 aromatic carbocycles. The van der Waals surface area contributed by atoms with Gasteiger partial charge >= 0.3 is 6.03 Å². The summed E-state index contributed by atoms with van der Waals surface area (Å²) in [4.78, 5) is 14.7. The Hall–Kier alpha value is -1.79. The number of urea groups is 1. The SMILES string of the molecule is COc1ccc(C)cc1NC(=O)N[C@H]1C[C@H]2CO[C@H](C)CN2C1. The van der Waals surface area contributed by atoms with Gasteiger partial charge in [-0.25, -0.2) is 4.79 Å². The molecule has 6 heteroatoms. The molecule has 0 bridgehead atoms. The summed E-state index contributed by atoms with van der Waals surface area (Å²) in [6.07, 6.45) is 1.21. The zero-order valence-corrected chi connectivity index (χ0v) is 14.0. The molecule has 1 aromatic rings. The summed E-state index contributed by atoms with van der Waals surface area (Å²) in [6, 6.07) is 6.12. The fourth-order valence-electron chi connectivity index (χ4n) is 3.41. The number of benzene rings is 1. The highest BCUT2D eigenvalue weighted by Crippen LogP contribution is 2.26. The van der Waals surface area contributed by atoms with Gasteiger partial charge in [0.05, 0.1) is 25.5 Å². The van der Waals surface area contributed by atoms with E-state index in [1.54, 1.807) is 7.11 Å². The summed E-state index contributed by atoms with van der Waals surface area (Å²) < 4.78 is 11.0. The molecule has 2 saturated heterocycles. The fraction of sp³-hybridized carbons (Fsp3) is 0.588. The Kier molecular flexibility index (Phi) is 4.73. The van der Waals surface area contributed by atoms with Crippen LogP contribution in [0.25, 0.3) is 0 Å². The largest absolute Gasteiger partial charge is 0.495 e. The molecule has 0 saturated carbocycles. The number of amides is 2. The standard InChI is InChI=1S/C17H25N3O3/c1-11-4-5-16(22-3)15(6-11)19-17(21)18-13-7-14-10-23-12(2)8-20(14)9-13/h4-6,12-14H,7-10H2,1-3H3,(H2,18,19,21)/t12-,13+,14+/m1/s1. The van der Waals surface area contributed by atoms with Crippen molar-refractivity contribution in [2.24, 2.45) is 0 Å². The molecule has 0 aromatic heterocycles. The predicted octanol–water partition coefficient (Wildman–Crippen LogP) is 1.99. The Morgan fingerprint density at radius 2 is 2.22 bits per heavy atom. The third-order valence-electron chi connectivity index (χ3n) is 4.53. The van der Waals surface area contributed by atoms with E-state index in [0.29, 0.717) is 17.5 Å². The second-order valence-corrected chi connectivity index (χ2v) is 6.49. The molecule has 23 heavy (non-hydrogen) atoms. The molecule has 0 spiro atoms. The van der Waals surface area contributed by atoms with Crippen LogP contribution in [0.3, 0.4) is 0 Å². The molecule has 2 aliphatic heterocycles. The molecule has 0 unspecified atom stereocenters. The minimum Gasteiger partial charge on any atom is -0.495 e. The summed E-state index contributed by atoms with van der Waals surface area (Å²) >= 11 is 0. The number of morpholine rings is 1. The van der Waals surface area contributed by atoms with Crippen molar-refractivity contribution in [1.82, 2.24) is 10.2 Å². The molecule has 0 radical (unpaired) electrons. The number of aryl methyl sites for hydroxylation is 1. The summed E-state index contributed by atoms with van der Waals surface area (Å²) in [6.45, 7) is 6.66. The maximum absolute atomic E-state index is 12.3. The molecule has 3 rings (SSSR count). The van der Waals surface area contributed by atoms with Crippen molar-refractivity contribution in [3.8, 4) is 5.75 Å². The molecule has 2 fully saturated rings. The molecular formula is C17H25N3O3. The highest BCUT2D eigenvalue weighted by Gasteiger charge is 2.36. The second-order valence-electron chi connectivity index (χ2n) is 6.49. The monoisotopic (exact) mass is 319 g/mol. The second kappa shape index (κ2) is 6.76. The van der Waals surface area contributed by atoms with Gasteiger partial charge in [0.25, 0.3) is 0 Å². The van der Waals surface area contributed by atoms with Crippen LogP contribution in [0, 0.1) is 6.92 Å². The molecule has 2 amide bonds.